The lowest BCUT2D eigenvalue weighted by atomic mass is 10.2. The Morgan fingerprint density at radius 2 is 1.92 bits per heavy atom. The first kappa shape index (κ1) is 10.5. The number of aliphatic hydroxyl groups is 1. The van der Waals surface area contributed by atoms with Crippen molar-refractivity contribution in [2.45, 2.75) is 13.2 Å². The third-order valence-electron chi connectivity index (χ3n) is 1.42. The van der Waals surface area contributed by atoms with Crippen LogP contribution in [0.3, 0.4) is 0 Å². The SMILES string of the molecule is CC(O)N=Cc1c(Cl)cccc1Cl. The quantitative estimate of drug-likeness (QED) is 0.760. The summed E-state index contributed by atoms with van der Waals surface area (Å²) in [7, 11) is 0. The molecule has 0 radical (unpaired) electrons. The zero-order valence-electron chi connectivity index (χ0n) is 7.04. The Bertz CT molecular complexity index is 303. The molecule has 0 aromatic heterocycles. The van der Waals surface area contributed by atoms with E-state index in [9.17, 15) is 0 Å². The molecule has 0 heterocycles. The molecule has 1 N–H and O–H groups in total. The lowest BCUT2D eigenvalue weighted by molar-refractivity contribution is 0.206. The molecule has 1 aromatic rings. The lowest BCUT2D eigenvalue weighted by Crippen LogP contribution is -1.95. The molecule has 0 spiro atoms. The first-order valence-corrected chi connectivity index (χ1v) is 4.52. The van der Waals surface area contributed by atoms with Gasteiger partial charge in [0.1, 0.15) is 6.23 Å². The van der Waals surface area contributed by atoms with Crippen LogP contribution in [0.15, 0.2) is 23.2 Å². The van der Waals surface area contributed by atoms with E-state index in [2.05, 4.69) is 4.99 Å². The molecule has 1 unspecified atom stereocenters. The van der Waals surface area contributed by atoms with Crippen LogP contribution in [-0.2, 0) is 0 Å². The van der Waals surface area contributed by atoms with Crippen molar-refractivity contribution >= 4 is 29.4 Å². The third kappa shape index (κ3) is 2.99. The number of hydrogen-bond acceptors (Lipinski definition) is 2. The predicted molar refractivity (Wildman–Crippen MR) is 55.7 cm³/mol. The molecular formula is C9H9Cl2NO. The Morgan fingerprint density at radius 3 is 2.38 bits per heavy atom. The second-order valence-corrected chi connectivity index (χ2v) is 3.36. The van der Waals surface area contributed by atoms with Gasteiger partial charge in [-0.3, -0.25) is 4.99 Å². The fourth-order valence-corrected chi connectivity index (χ4v) is 1.31. The number of halogens is 2. The average Bonchev–Trinajstić information content (AvgIpc) is 2.03. The summed E-state index contributed by atoms with van der Waals surface area (Å²) in [5.74, 6) is 0. The van der Waals surface area contributed by atoms with Gasteiger partial charge >= 0.3 is 0 Å². The Balaban J connectivity index is 3.00. The summed E-state index contributed by atoms with van der Waals surface area (Å²) in [6.07, 6.45) is 0.724. The van der Waals surface area contributed by atoms with Crippen molar-refractivity contribution in [3.05, 3.63) is 33.8 Å². The topological polar surface area (TPSA) is 32.6 Å². The summed E-state index contributed by atoms with van der Waals surface area (Å²) < 4.78 is 0. The maximum atomic E-state index is 8.91. The molecule has 2 nitrogen and oxygen atoms in total. The minimum absolute atomic E-state index is 0.525. The van der Waals surface area contributed by atoms with E-state index in [1.165, 1.54) is 6.21 Å². The largest absolute Gasteiger partial charge is 0.372 e. The second kappa shape index (κ2) is 4.61. The Morgan fingerprint density at radius 1 is 1.38 bits per heavy atom. The summed E-state index contributed by atoms with van der Waals surface area (Å²) in [5.41, 5.74) is 0.631. The van der Waals surface area contributed by atoms with Gasteiger partial charge in [-0.2, -0.15) is 0 Å². The van der Waals surface area contributed by atoms with Gasteiger partial charge in [0, 0.05) is 11.8 Å². The fraction of sp³-hybridized carbons (Fsp3) is 0.222. The van der Waals surface area contributed by atoms with Gasteiger partial charge in [0.2, 0.25) is 0 Å². The summed E-state index contributed by atoms with van der Waals surface area (Å²) in [5, 5.41) is 9.96. The van der Waals surface area contributed by atoms with Crippen LogP contribution in [0, 0.1) is 0 Å². The first-order chi connectivity index (χ1) is 6.11. The maximum absolute atomic E-state index is 8.91. The van der Waals surface area contributed by atoms with Crippen molar-refractivity contribution in [2.75, 3.05) is 0 Å². The van der Waals surface area contributed by atoms with E-state index < -0.39 is 6.23 Å². The smallest absolute Gasteiger partial charge is 0.142 e. The zero-order chi connectivity index (χ0) is 9.84. The van der Waals surface area contributed by atoms with Gasteiger partial charge in [-0.15, -0.1) is 0 Å². The molecule has 4 heteroatoms. The lowest BCUT2D eigenvalue weighted by Gasteiger charge is -2.00. The highest BCUT2D eigenvalue weighted by Gasteiger charge is 2.01. The predicted octanol–water partition coefficient (Wildman–Crippen LogP) is 2.75. The van der Waals surface area contributed by atoms with Crippen LogP contribution in [0.5, 0.6) is 0 Å². The minimum Gasteiger partial charge on any atom is -0.372 e. The summed E-state index contributed by atoms with van der Waals surface area (Å²) >= 11 is 11.7. The molecule has 0 aliphatic rings. The second-order valence-electron chi connectivity index (χ2n) is 2.55. The van der Waals surface area contributed by atoms with Crippen LogP contribution in [0.4, 0.5) is 0 Å². The molecule has 0 saturated carbocycles. The van der Waals surface area contributed by atoms with Crippen LogP contribution in [-0.4, -0.2) is 17.5 Å². The molecule has 1 aromatic carbocycles. The number of benzene rings is 1. The zero-order valence-corrected chi connectivity index (χ0v) is 8.55. The van der Waals surface area contributed by atoms with E-state index in [0.717, 1.165) is 0 Å². The molecular weight excluding hydrogens is 209 g/mol. The normalized spacial score (nSPS) is 13.5. The Hall–Kier alpha value is -0.570. The van der Waals surface area contributed by atoms with Crippen LogP contribution in [0.1, 0.15) is 12.5 Å². The van der Waals surface area contributed by atoms with Crippen molar-refractivity contribution in [1.29, 1.82) is 0 Å². The fourth-order valence-electron chi connectivity index (χ4n) is 0.816. The summed E-state index contributed by atoms with van der Waals surface area (Å²) in [6.45, 7) is 1.56. The number of hydrogen-bond donors (Lipinski definition) is 1. The first-order valence-electron chi connectivity index (χ1n) is 3.76. The van der Waals surface area contributed by atoms with E-state index in [1.54, 1.807) is 25.1 Å². The molecule has 70 valence electrons. The highest BCUT2D eigenvalue weighted by Crippen LogP contribution is 2.22. The Kier molecular flexibility index (Phi) is 3.72. The van der Waals surface area contributed by atoms with Crippen molar-refractivity contribution in [3.63, 3.8) is 0 Å². The van der Waals surface area contributed by atoms with Crippen molar-refractivity contribution in [2.24, 2.45) is 4.99 Å². The number of aliphatic hydroxyl groups excluding tert-OH is 1. The van der Waals surface area contributed by atoms with Crippen LogP contribution < -0.4 is 0 Å². The van der Waals surface area contributed by atoms with Crippen LogP contribution in [0.25, 0.3) is 0 Å². The van der Waals surface area contributed by atoms with E-state index in [4.69, 9.17) is 28.3 Å². The van der Waals surface area contributed by atoms with Crippen LogP contribution >= 0.6 is 23.2 Å². The highest BCUT2D eigenvalue weighted by atomic mass is 35.5. The average molecular weight is 218 g/mol. The van der Waals surface area contributed by atoms with Crippen LogP contribution in [0.2, 0.25) is 10.0 Å². The van der Waals surface area contributed by atoms with Crippen molar-refractivity contribution in [3.8, 4) is 0 Å². The molecule has 0 saturated heterocycles. The third-order valence-corrected chi connectivity index (χ3v) is 2.08. The molecule has 1 rings (SSSR count). The molecule has 0 bridgehead atoms. The minimum atomic E-state index is -0.743. The Labute approximate surface area is 86.8 Å². The number of rotatable bonds is 2. The van der Waals surface area contributed by atoms with Gasteiger partial charge in [-0.25, -0.2) is 0 Å². The van der Waals surface area contributed by atoms with Gasteiger partial charge in [0.15, 0.2) is 0 Å². The van der Waals surface area contributed by atoms with E-state index in [0.29, 0.717) is 15.6 Å². The molecule has 0 amide bonds. The summed E-state index contributed by atoms with van der Waals surface area (Å²) in [4.78, 5) is 3.78. The van der Waals surface area contributed by atoms with Gasteiger partial charge in [-0.1, -0.05) is 29.3 Å². The van der Waals surface area contributed by atoms with Crippen molar-refractivity contribution < 1.29 is 5.11 Å². The highest BCUT2D eigenvalue weighted by molar-refractivity contribution is 6.38. The van der Waals surface area contributed by atoms with Gasteiger partial charge in [-0.05, 0) is 19.1 Å². The van der Waals surface area contributed by atoms with Gasteiger partial charge in [0.05, 0.1) is 10.0 Å². The van der Waals surface area contributed by atoms with E-state index in [1.807, 2.05) is 0 Å². The number of nitrogens with zero attached hydrogens (tertiary/aromatic N) is 1. The summed E-state index contributed by atoms with van der Waals surface area (Å²) in [6, 6.07) is 5.19. The molecule has 0 fully saturated rings. The maximum Gasteiger partial charge on any atom is 0.142 e. The van der Waals surface area contributed by atoms with E-state index >= 15 is 0 Å². The molecule has 0 aliphatic heterocycles. The van der Waals surface area contributed by atoms with Gasteiger partial charge < -0.3 is 5.11 Å². The van der Waals surface area contributed by atoms with Crippen molar-refractivity contribution in [1.82, 2.24) is 0 Å². The molecule has 1 atom stereocenters. The molecule has 13 heavy (non-hydrogen) atoms. The van der Waals surface area contributed by atoms with E-state index in [-0.39, 0.29) is 0 Å². The molecule has 0 aliphatic carbocycles. The number of aliphatic imine (C=N–C) groups is 1. The monoisotopic (exact) mass is 217 g/mol. The van der Waals surface area contributed by atoms with Gasteiger partial charge in [0.25, 0.3) is 0 Å². The standard InChI is InChI=1S/C9H9Cl2NO/c1-6(13)12-5-7-8(10)3-2-4-9(7)11/h2-6,13H,1H3.